The molecule has 0 bridgehead atoms. The van der Waals surface area contributed by atoms with Gasteiger partial charge in [-0.3, -0.25) is 14.8 Å². The molecule has 0 N–H and O–H groups in total. The van der Waals surface area contributed by atoms with Gasteiger partial charge < -0.3 is 0 Å². The number of hydrogen-bond acceptors (Lipinski definition) is 3. The zero-order valence-electron chi connectivity index (χ0n) is 10.8. The Labute approximate surface area is 109 Å². The van der Waals surface area contributed by atoms with E-state index in [9.17, 15) is 10.1 Å². The Balaban J connectivity index is 3.42. The summed E-state index contributed by atoms with van der Waals surface area (Å²) >= 11 is 3.54. The molecule has 0 saturated heterocycles. The van der Waals surface area contributed by atoms with Gasteiger partial charge in [0.1, 0.15) is 11.4 Å². The van der Waals surface area contributed by atoms with Crippen molar-refractivity contribution in [2.75, 3.05) is 0 Å². The highest BCUT2D eigenvalue weighted by Crippen LogP contribution is 2.38. The maximum Gasteiger partial charge on any atom is 0.313 e. The molecule has 1 rings (SSSR count). The van der Waals surface area contributed by atoms with Crippen LogP contribution in [0.5, 0.6) is 0 Å². The van der Waals surface area contributed by atoms with Gasteiger partial charge in [-0.05, 0) is 12.8 Å². The van der Waals surface area contributed by atoms with Gasteiger partial charge in [-0.2, -0.15) is 5.10 Å². The van der Waals surface area contributed by atoms with Crippen LogP contribution in [-0.2, 0) is 7.05 Å². The summed E-state index contributed by atoms with van der Waals surface area (Å²) in [5, 5.41) is 15.3. The molecule has 2 unspecified atom stereocenters. The topological polar surface area (TPSA) is 61.0 Å². The van der Waals surface area contributed by atoms with E-state index in [1.54, 1.807) is 18.7 Å². The second-order valence-corrected chi connectivity index (χ2v) is 6.09. The molecule has 2 atom stereocenters. The Morgan fingerprint density at radius 1 is 1.41 bits per heavy atom. The van der Waals surface area contributed by atoms with Crippen LogP contribution in [0.15, 0.2) is 0 Å². The average molecular weight is 304 g/mol. The number of nitrogens with zero attached hydrogens (tertiary/aromatic N) is 3. The second-order valence-electron chi connectivity index (χ2n) is 4.65. The largest absolute Gasteiger partial charge is 0.313 e. The third-order valence-electron chi connectivity index (χ3n) is 2.95. The van der Waals surface area contributed by atoms with Crippen molar-refractivity contribution in [3.8, 4) is 0 Å². The predicted molar refractivity (Wildman–Crippen MR) is 70.6 cm³/mol. The lowest BCUT2D eigenvalue weighted by atomic mass is 9.89. The first-order valence-corrected chi connectivity index (χ1v) is 6.50. The van der Waals surface area contributed by atoms with Gasteiger partial charge in [-0.15, -0.1) is 0 Å². The molecule has 17 heavy (non-hydrogen) atoms. The van der Waals surface area contributed by atoms with Crippen LogP contribution >= 0.6 is 15.9 Å². The first kappa shape index (κ1) is 14.2. The van der Waals surface area contributed by atoms with E-state index in [1.807, 2.05) is 6.92 Å². The lowest BCUT2D eigenvalue weighted by Gasteiger charge is -2.23. The first-order valence-electron chi connectivity index (χ1n) is 5.59. The molecule has 0 saturated carbocycles. The Morgan fingerprint density at radius 3 is 2.29 bits per heavy atom. The first-order chi connectivity index (χ1) is 7.77. The van der Waals surface area contributed by atoms with E-state index < -0.39 is 0 Å². The van der Waals surface area contributed by atoms with Gasteiger partial charge in [0.05, 0.1) is 4.92 Å². The Bertz CT molecular complexity index is 419. The lowest BCUT2D eigenvalue weighted by Crippen LogP contribution is -2.20. The van der Waals surface area contributed by atoms with Gasteiger partial charge in [-0.25, -0.2) is 0 Å². The maximum absolute atomic E-state index is 11.1. The van der Waals surface area contributed by atoms with Crippen LogP contribution < -0.4 is 0 Å². The van der Waals surface area contributed by atoms with Crippen molar-refractivity contribution in [2.45, 2.75) is 38.4 Å². The highest BCUT2D eigenvalue weighted by atomic mass is 79.9. The van der Waals surface area contributed by atoms with E-state index >= 15 is 0 Å². The van der Waals surface area contributed by atoms with E-state index in [-0.39, 0.29) is 21.4 Å². The molecule has 5 nitrogen and oxygen atoms in total. The van der Waals surface area contributed by atoms with Crippen molar-refractivity contribution < 1.29 is 4.92 Å². The molecule has 0 fully saturated rings. The van der Waals surface area contributed by atoms with Crippen LogP contribution in [0.25, 0.3) is 0 Å². The van der Waals surface area contributed by atoms with Crippen molar-refractivity contribution in [3.05, 3.63) is 21.5 Å². The quantitative estimate of drug-likeness (QED) is 0.487. The SMILES string of the molecule is Cc1nn(C)c(C(C(C)C)C(C)Br)c1[N+](=O)[O-]. The van der Waals surface area contributed by atoms with E-state index in [2.05, 4.69) is 34.9 Å². The molecule has 0 aliphatic rings. The van der Waals surface area contributed by atoms with E-state index in [4.69, 9.17) is 0 Å². The molecule has 0 aliphatic heterocycles. The molecule has 6 heteroatoms. The van der Waals surface area contributed by atoms with E-state index in [1.165, 1.54) is 0 Å². The van der Waals surface area contributed by atoms with Crippen LogP contribution in [0.2, 0.25) is 0 Å². The Morgan fingerprint density at radius 2 is 1.94 bits per heavy atom. The third kappa shape index (κ3) is 2.68. The maximum atomic E-state index is 11.1. The summed E-state index contributed by atoms with van der Waals surface area (Å²) in [4.78, 5) is 11.0. The average Bonchev–Trinajstić information content (AvgIpc) is 2.40. The van der Waals surface area contributed by atoms with Crippen molar-refractivity contribution in [2.24, 2.45) is 13.0 Å². The van der Waals surface area contributed by atoms with Crippen LogP contribution in [0.1, 0.15) is 38.1 Å². The van der Waals surface area contributed by atoms with Crippen LogP contribution in [-0.4, -0.2) is 19.5 Å². The Hall–Kier alpha value is -0.910. The number of nitro groups is 1. The summed E-state index contributed by atoms with van der Waals surface area (Å²) in [6, 6.07) is 0. The molecule has 0 aromatic carbocycles. The summed E-state index contributed by atoms with van der Waals surface area (Å²) in [6.45, 7) is 7.82. The molecule has 0 radical (unpaired) electrons. The van der Waals surface area contributed by atoms with Gasteiger partial charge in [0, 0.05) is 17.8 Å². The highest BCUT2D eigenvalue weighted by Gasteiger charge is 2.34. The predicted octanol–water partition coefficient (Wildman–Crippen LogP) is 3.16. The van der Waals surface area contributed by atoms with Crippen molar-refractivity contribution in [3.63, 3.8) is 0 Å². The molecule has 0 spiro atoms. The van der Waals surface area contributed by atoms with E-state index in [0.717, 1.165) is 0 Å². The summed E-state index contributed by atoms with van der Waals surface area (Å²) in [5.41, 5.74) is 1.33. The van der Waals surface area contributed by atoms with Gasteiger partial charge in [0.15, 0.2) is 0 Å². The van der Waals surface area contributed by atoms with Crippen LogP contribution in [0.4, 0.5) is 5.69 Å². The summed E-state index contributed by atoms with van der Waals surface area (Å²) in [5.74, 6) is 0.375. The fourth-order valence-corrected chi connectivity index (χ4v) is 3.19. The molecule has 1 aromatic heterocycles. The molecule has 0 aliphatic carbocycles. The van der Waals surface area contributed by atoms with Crippen LogP contribution in [0.3, 0.4) is 0 Å². The van der Waals surface area contributed by atoms with Gasteiger partial charge >= 0.3 is 5.69 Å². The molecular weight excluding hydrogens is 286 g/mol. The minimum Gasteiger partial charge on any atom is -0.265 e. The Kier molecular flexibility index (Phi) is 4.30. The van der Waals surface area contributed by atoms with Gasteiger partial charge in [0.2, 0.25) is 0 Å². The third-order valence-corrected chi connectivity index (χ3v) is 3.51. The summed E-state index contributed by atoms with van der Waals surface area (Å²) in [7, 11) is 1.76. The minimum atomic E-state index is -0.331. The smallest absolute Gasteiger partial charge is 0.265 e. The number of aryl methyl sites for hydroxylation is 2. The number of hydrogen-bond donors (Lipinski definition) is 0. The standard InChI is InChI=1S/C11H18BrN3O2/c1-6(2)9(7(3)12)11-10(15(16)17)8(4)13-14(11)5/h6-7,9H,1-5H3. The molecular formula is C11H18BrN3O2. The number of halogens is 1. The fourth-order valence-electron chi connectivity index (χ4n) is 2.33. The molecule has 0 amide bonds. The van der Waals surface area contributed by atoms with Crippen molar-refractivity contribution >= 4 is 21.6 Å². The van der Waals surface area contributed by atoms with E-state index in [0.29, 0.717) is 17.3 Å². The number of aromatic nitrogens is 2. The monoisotopic (exact) mass is 303 g/mol. The van der Waals surface area contributed by atoms with Gasteiger partial charge in [0.25, 0.3) is 0 Å². The molecule has 1 heterocycles. The fraction of sp³-hybridized carbons (Fsp3) is 0.727. The molecule has 96 valence electrons. The van der Waals surface area contributed by atoms with Gasteiger partial charge in [-0.1, -0.05) is 36.7 Å². The van der Waals surface area contributed by atoms with Crippen molar-refractivity contribution in [1.29, 1.82) is 0 Å². The van der Waals surface area contributed by atoms with Crippen molar-refractivity contribution in [1.82, 2.24) is 9.78 Å². The normalized spacial score (nSPS) is 15.0. The zero-order valence-corrected chi connectivity index (χ0v) is 12.4. The number of alkyl halides is 1. The summed E-state index contributed by atoms with van der Waals surface area (Å²) < 4.78 is 1.63. The zero-order chi connectivity index (χ0) is 13.3. The molecule has 1 aromatic rings. The second kappa shape index (κ2) is 5.16. The lowest BCUT2D eigenvalue weighted by molar-refractivity contribution is -0.386. The minimum absolute atomic E-state index is 0.0709. The summed E-state index contributed by atoms with van der Waals surface area (Å²) in [6.07, 6.45) is 0. The highest BCUT2D eigenvalue weighted by molar-refractivity contribution is 9.09. The van der Waals surface area contributed by atoms with Crippen LogP contribution in [0, 0.1) is 23.0 Å². The number of rotatable bonds is 4.